The number of nitrogens with zero attached hydrogens (tertiary/aromatic N) is 3. The number of carbonyl (C=O) groups excluding carboxylic acids is 1. The van der Waals surface area contributed by atoms with E-state index in [1.54, 1.807) is 7.11 Å². The van der Waals surface area contributed by atoms with E-state index in [9.17, 15) is 9.59 Å². The quantitative estimate of drug-likeness (QED) is 0.658. The summed E-state index contributed by atoms with van der Waals surface area (Å²) in [6.07, 6.45) is 1.01. The normalized spacial score (nSPS) is 16.8. The predicted octanol–water partition coefficient (Wildman–Crippen LogP) is 4.24. The Kier molecular flexibility index (Phi) is 4.96. The van der Waals surface area contributed by atoms with E-state index in [1.165, 1.54) is 10.7 Å². The molecule has 2 aliphatic rings. The summed E-state index contributed by atoms with van der Waals surface area (Å²) in [4.78, 5) is 35.9. The van der Waals surface area contributed by atoms with Gasteiger partial charge in [0.25, 0.3) is 11.5 Å². The van der Waals surface area contributed by atoms with Crippen LogP contribution in [0.4, 0.5) is 5.95 Å². The summed E-state index contributed by atoms with van der Waals surface area (Å²) in [5.74, 6) is 0.900. The summed E-state index contributed by atoms with van der Waals surface area (Å²) < 4.78 is 6.61. The third-order valence-electron chi connectivity index (χ3n) is 5.90. The van der Waals surface area contributed by atoms with Gasteiger partial charge in [-0.3, -0.25) is 15.0 Å². The molecule has 0 amide bonds. The van der Waals surface area contributed by atoms with Gasteiger partial charge in [0.1, 0.15) is 5.75 Å². The number of allylic oxidation sites excluding steroid dienone is 2. The van der Waals surface area contributed by atoms with Crippen molar-refractivity contribution in [3.05, 3.63) is 87.9 Å². The molecular weight excluding hydrogens is 416 g/mol. The largest absolute Gasteiger partial charge is 0.497 e. The van der Waals surface area contributed by atoms with Gasteiger partial charge in [0.05, 0.1) is 24.1 Å². The van der Waals surface area contributed by atoms with Crippen LogP contribution in [0.2, 0.25) is 0 Å². The fraction of sp³-hybridized carbons (Fsp3) is 0.231. The van der Waals surface area contributed by atoms with Crippen LogP contribution < -0.4 is 15.7 Å². The lowest BCUT2D eigenvalue weighted by Gasteiger charge is -2.32. The number of carbonyl (C=O) groups is 1. The van der Waals surface area contributed by atoms with Crippen LogP contribution in [0.15, 0.2) is 81.7 Å². The maximum Gasteiger partial charge on any atom is 0.274 e. The number of ketones is 1. The highest BCUT2D eigenvalue weighted by Gasteiger charge is 2.37. The molecule has 0 bridgehead atoms. The minimum atomic E-state index is -0.290. The van der Waals surface area contributed by atoms with Gasteiger partial charge in [0, 0.05) is 29.3 Å². The number of hydrogen-bond donors (Lipinski definition) is 1. The molecular formula is C26H24N4O3. The Balaban J connectivity index is 1.74. The average Bonchev–Trinajstić information content (AvgIpc) is 2.96. The van der Waals surface area contributed by atoms with Crippen molar-refractivity contribution in [2.45, 2.75) is 26.7 Å². The Morgan fingerprint density at radius 2 is 1.70 bits per heavy atom. The molecule has 33 heavy (non-hydrogen) atoms. The van der Waals surface area contributed by atoms with Crippen molar-refractivity contribution in [3.63, 3.8) is 0 Å². The molecule has 2 heterocycles. The molecule has 0 radical (unpaired) electrons. The molecule has 1 aliphatic heterocycles. The number of hydrogen-bond acceptors (Lipinski definition) is 6. The van der Waals surface area contributed by atoms with E-state index < -0.39 is 0 Å². The summed E-state index contributed by atoms with van der Waals surface area (Å²) in [6.45, 7) is 4.10. The van der Waals surface area contributed by atoms with E-state index in [-0.39, 0.29) is 22.7 Å². The molecule has 3 aromatic rings. The summed E-state index contributed by atoms with van der Waals surface area (Å²) >= 11 is 0. The molecule has 7 nitrogen and oxygen atoms in total. The first-order chi connectivity index (χ1) is 15.8. The summed E-state index contributed by atoms with van der Waals surface area (Å²) in [5, 5.41) is 0. The first kappa shape index (κ1) is 20.9. The molecule has 1 aromatic heterocycles. The Hall–Kier alpha value is -4.00. The van der Waals surface area contributed by atoms with Gasteiger partial charge in [0.2, 0.25) is 0 Å². The Morgan fingerprint density at radius 3 is 2.39 bits per heavy atom. The molecule has 5 rings (SSSR count). The SMILES string of the molecule is COc1ccc(C2=Nc3nc(-c4ccccc4)cc(=O)n3NC3=C2C(=O)CC(C)(C)C3)cc1. The van der Waals surface area contributed by atoms with Crippen LogP contribution in [0.1, 0.15) is 32.3 Å². The number of methoxy groups -OCH3 is 1. The Labute approximate surface area is 191 Å². The lowest BCUT2D eigenvalue weighted by Crippen LogP contribution is -2.35. The van der Waals surface area contributed by atoms with Crippen LogP contribution in [-0.2, 0) is 4.79 Å². The zero-order valence-electron chi connectivity index (χ0n) is 18.8. The Bertz CT molecular complexity index is 1370. The zero-order chi connectivity index (χ0) is 23.2. The van der Waals surface area contributed by atoms with Crippen molar-refractivity contribution >= 4 is 17.4 Å². The summed E-state index contributed by atoms with van der Waals surface area (Å²) in [7, 11) is 1.60. The highest BCUT2D eigenvalue weighted by molar-refractivity contribution is 6.30. The van der Waals surface area contributed by atoms with E-state index in [4.69, 9.17) is 9.73 Å². The van der Waals surface area contributed by atoms with Crippen LogP contribution in [0.25, 0.3) is 11.3 Å². The van der Waals surface area contributed by atoms with Crippen LogP contribution in [0.3, 0.4) is 0 Å². The number of aliphatic imine (C=N–C) groups is 1. The third kappa shape index (κ3) is 3.86. The highest BCUT2D eigenvalue weighted by atomic mass is 16.5. The average molecular weight is 441 g/mol. The molecule has 7 heteroatoms. The van der Waals surface area contributed by atoms with Crippen LogP contribution in [-0.4, -0.2) is 28.3 Å². The molecule has 0 saturated carbocycles. The smallest absolute Gasteiger partial charge is 0.274 e. The number of Topliss-reactive ketones (excluding diaryl/α,β-unsaturated/α-hetero) is 1. The van der Waals surface area contributed by atoms with Gasteiger partial charge >= 0.3 is 0 Å². The topological polar surface area (TPSA) is 85.6 Å². The van der Waals surface area contributed by atoms with Crippen molar-refractivity contribution in [2.24, 2.45) is 10.4 Å². The second-order valence-corrected chi connectivity index (χ2v) is 9.08. The first-order valence-corrected chi connectivity index (χ1v) is 10.8. The van der Waals surface area contributed by atoms with Crippen LogP contribution >= 0.6 is 0 Å². The standard InChI is InChI=1S/C26H24N4O3/c1-26(2)14-20-23(21(31)15-26)24(17-9-11-18(33-3)12-10-17)28-25-27-19(13-22(32)30(25)29-20)16-7-5-4-6-8-16/h4-13,29H,14-15H2,1-3H3. The number of rotatable bonds is 3. The molecule has 1 aliphatic carbocycles. The summed E-state index contributed by atoms with van der Waals surface area (Å²) in [6, 6.07) is 18.4. The molecule has 1 N–H and O–H groups in total. The summed E-state index contributed by atoms with van der Waals surface area (Å²) in [5.41, 5.74) is 6.44. The van der Waals surface area contributed by atoms with E-state index in [2.05, 4.69) is 10.4 Å². The van der Waals surface area contributed by atoms with Crippen molar-refractivity contribution in [1.29, 1.82) is 0 Å². The number of ether oxygens (including phenoxy) is 1. The third-order valence-corrected chi connectivity index (χ3v) is 5.90. The lowest BCUT2D eigenvalue weighted by molar-refractivity contribution is -0.117. The second-order valence-electron chi connectivity index (χ2n) is 9.08. The predicted molar refractivity (Wildman–Crippen MR) is 128 cm³/mol. The van der Waals surface area contributed by atoms with Gasteiger partial charge in [0.15, 0.2) is 5.78 Å². The van der Waals surface area contributed by atoms with E-state index in [1.807, 2.05) is 68.4 Å². The fourth-order valence-corrected chi connectivity index (χ4v) is 4.35. The molecule has 2 aromatic carbocycles. The van der Waals surface area contributed by atoms with E-state index in [0.717, 1.165) is 11.1 Å². The van der Waals surface area contributed by atoms with Gasteiger partial charge in [-0.15, -0.1) is 0 Å². The number of aromatic nitrogens is 2. The number of nitrogens with one attached hydrogen (secondary N) is 1. The minimum Gasteiger partial charge on any atom is -0.497 e. The molecule has 0 fully saturated rings. The van der Waals surface area contributed by atoms with Crippen molar-refractivity contribution in [1.82, 2.24) is 9.66 Å². The van der Waals surface area contributed by atoms with E-state index >= 15 is 0 Å². The maximum atomic E-state index is 13.3. The second kappa shape index (κ2) is 7.85. The van der Waals surface area contributed by atoms with Gasteiger partial charge in [-0.25, -0.2) is 9.98 Å². The van der Waals surface area contributed by atoms with Crippen molar-refractivity contribution in [3.8, 4) is 17.0 Å². The molecule has 0 saturated heterocycles. The van der Waals surface area contributed by atoms with Gasteiger partial charge < -0.3 is 4.74 Å². The maximum absolute atomic E-state index is 13.3. The molecule has 0 spiro atoms. The van der Waals surface area contributed by atoms with E-state index in [0.29, 0.717) is 41.3 Å². The molecule has 0 unspecified atom stereocenters. The van der Waals surface area contributed by atoms with Gasteiger partial charge in [-0.1, -0.05) is 44.2 Å². The fourth-order valence-electron chi connectivity index (χ4n) is 4.35. The first-order valence-electron chi connectivity index (χ1n) is 10.8. The van der Waals surface area contributed by atoms with Crippen LogP contribution in [0, 0.1) is 5.41 Å². The lowest BCUT2D eigenvalue weighted by atomic mass is 9.74. The van der Waals surface area contributed by atoms with Crippen LogP contribution in [0.5, 0.6) is 5.75 Å². The minimum absolute atomic E-state index is 0.00699. The van der Waals surface area contributed by atoms with Crippen molar-refractivity contribution < 1.29 is 9.53 Å². The highest BCUT2D eigenvalue weighted by Crippen LogP contribution is 2.39. The Morgan fingerprint density at radius 1 is 0.970 bits per heavy atom. The van der Waals surface area contributed by atoms with Crippen molar-refractivity contribution in [2.75, 3.05) is 12.5 Å². The number of benzene rings is 2. The number of fused-ring (bicyclic) bond motifs is 1. The van der Waals surface area contributed by atoms with Gasteiger partial charge in [-0.2, -0.15) is 4.68 Å². The molecule has 0 atom stereocenters. The van der Waals surface area contributed by atoms with Gasteiger partial charge in [-0.05, 0) is 36.1 Å². The molecule has 166 valence electrons. The monoisotopic (exact) mass is 440 g/mol. The zero-order valence-corrected chi connectivity index (χ0v) is 18.8.